The Morgan fingerprint density at radius 2 is 1.95 bits per heavy atom. The van der Waals surface area contributed by atoms with E-state index in [1.54, 1.807) is 0 Å². The highest BCUT2D eigenvalue weighted by Gasteiger charge is 2.14. The first kappa shape index (κ1) is 16.0. The van der Waals surface area contributed by atoms with Gasteiger partial charge in [0.25, 0.3) is 0 Å². The summed E-state index contributed by atoms with van der Waals surface area (Å²) in [5, 5.41) is 3.97. The van der Waals surface area contributed by atoms with Crippen molar-refractivity contribution in [3.63, 3.8) is 0 Å². The molecule has 1 fully saturated rings. The van der Waals surface area contributed by atoms with Gasteiger partial charge < -0.3 is 10.2 Å². The van der Waals surface area contributed by atoms with Crippen LogP contribution in [0, 0.1) is 5.82 Å². The zero-order valence-electron chi connectivity index (χ0n) is 11.8. The lowest BCUT2D eigenvalue weighted by Crippen LogP contribution is -2.26. The van der Waals surface area contributed by atoms with Crippen LogP contribution in [0.3, 0.4) is 0 Å². The molecule has 0 amide bonds. The monoisotopic (exact) mass is 318 g/mol. The van der Waals surface area contributed by atoms with Crippen molar-refractivity contribution in [3.05, 3.63) is 33.6 Å². The molecule has 2 nitrogen and oxygen atoms in total. The van der Waals surface area contributed by atoms with E-state index in [4.69, 9.17) is 23.2 Å². The molecule has 1 aliphatic heterocycles. The van der Waals surface area contributed by atoms with E-state index in [1.807, 2.05) is 6.92 Å². The molecule has 1 unspecified atom stereocenters. The fourth-order valence-corrected chi connectivity index (χ4v) is 3.15. The quantitative estimate of drug-likeness (QED) is 0.622. The molecule has 1 atom stereocenters. The molecule has 0 aromatic heterocycles. The highest BCUT2D eigenvalue weighted by molar-refractivity contribution is 6.35. The van der Waals surface area contributed by atoms with Crippen LogP contribution in [0.1, 0.15) is 37.8 Å². The lowest BCUT2D eigenvalue weighted by molar-refractivity contribution is 0.328. The Balaban J connectivity index is 1.79. The van der Waals surface area contributed by atoms with Crippen LogP contribution in [-0.2, 0) is 0 Å². The Bertz CT molecular complexity index is 448. The second-order valence-corrected chi connectivity index (χ2v) is 6.18. The number of halogens is 3. The average Bonchev–Trinajstić information content (AvgIpc) is 2.92. The van der Waals surface area contributed by atoms with Crippen molar-refractivity contribution >= 4 is 23.2 Å². The van der Waals surface area contributed by atoms with E-state index in [-0.39, 0.29) is 11.1 Å². The number of nitrogens with zero attached hydrogens (tertiary/aromatic N) is 1. The van der Waals surface area contributed by atoms with Gasteiger partial charge in [-0.05, 0) is 70.1 Å². The van der Waals surface area contributed by atoms with Crippen molar-refractivity contribution < 1.29 is 4.39 Å². The van der Waals surface area contributed by atoms with Crippen LogP contribution < -0.4 is 5.32 Å². The zero-order chi connectivity index (χ0) is 14.5. The van der Waals surface area contributed by atoms with Crippen LogP contribution >= 0.6 is 23.2 Å². The van der Waals surface area contributed by atoms with Gasteiger partial charge in [0.2, 0.25) is 0 Å². The number of nitrogens with one attached hydrogen (secondary N) is 1. The molecule has 0 saturated carbocycles. The van der Waals surface area contributed by atoms with E-state index in [0.29, 0.717) is 5.02 Å². The molecule has 0 radical (unpaired) electrons. The van der Waals surface area contributed by atoms with Gasteiger partial charge in [-0.25, -0.2) is 4.39 Å². The van der Waals surface area contributed by atoms with Gasteiger partial charge in [-0.3, -0.25) is 0 Å². The Hall–Kier alpha value is -0.350. The SMILES string of the molecule is CC(NCCCN1CCCC1)c1cc(F)c(Cl)cc1Cl. The fourth-order valence-electron chi connectivity index (χ4n) is 2.61. The minimum Gasteiger partial charge on any atom is -0.310 e. The third kappa shape index (κ3) is 4.32. The number of hydrogen-bond donors (Lipinski definition) is 1. The maximum atomic E-state index is 13.5. The molecule has 0 bridgehead atoms. The van der Waals surface area contributed by atoms with Gasteiger partial charge in [-0.1, -0.05) is 23.2 Å². The molecule has 0 spiro atoms. The van der Waals surface area contributed by atoms with Crippen molar-refractivity contribution in [1.29, 1.82) is 0 Å². The number of rotatable bonds is 6. The van der Waals surface area contributed by atoms with E-state index in [0.717, 1.165) is 25.1 Å². The van der Waals surface area contributed by atoms with Crippen LogP contribution in [-0.4, -0.2) is 31.1 Å². The number of hydrogen-bond acceptors (Lipinski definition) is 2. The Kier molecular flexibility index (Phi) is 6.09. The van der Waals surface area contributed by atoms with Crippen molar-refractivity contribution in [2.24, 2.45) is 0 Å². The summed E-state index contributed by atoms with van der Waals surface area (Å²) in [5.74, 6) is -0.420. The summed E-state index contributed by atoms with van der Waals surface area (Å²) in [4.78, 5) is 2.49. The van der Waals surface area contributed by atoms with Crippen molar-refractivity contribution in [3.8, 4) is 0 Å². The maximum absolute atomic E-state index is 13.5. The second kappa shape index (κ2) is 7.60. The van der Waals surface area contributed by atoms with Gasteiger partial charge in [-0.15, -0.1) is 0 Å². The van der Waals surface area contributed by atoms with Crippen LogP contribution in [0.2, 0.25) is 10.0 Å². The summed E-state index contributed by atoms with van der Waals surface area (Å²) in [6.07, 6.45) is 3.74. The molecule has 5 heteroatoms. The summed E-state index contributed by atoms with van der Waals surface area (Å²) >= 11 is 11.8. The van der Waals surface area contributed by atoms with E-state index in [9.17, 15) is 4.39 Å². The summed E-state index contributed by atoms with van der Waals surface area (Å²) < 4.78 is 13.5. The van der Waals surface area contributed by atoms with Crippen LogP contribution in [0.4, 0.5) is 4.39 Å². The zero-order valence-corrected chi connectivity index (χ0v) is 13.3. The van der Waals surface area contributed by atoms with Gasteiger partial charge in [0.05, 0.1) is 5.02 Å². The molecule has 112 valence electrons. The molecular weight excluding hydrogens is 298 g/mol. The van der Waals surface area contributed by atoms with Gasteiger partial charge in [0.15, 0.2) is 0 Å². The number of likely N-dealkylation sites (tertiary alicyclic amines) is 1. The van der Waals surface area contributed by atoms with E-state index >= 15 is 0 Å². The minimum atomic E-state index is -0.420. The predicted octanol–water partition coefficient (Wildman–Crippen LogP) is 4.27. The summed E-state index contributed by atoms with van der Waals surface area (Å²) in [7, 11) is 0. The lowest BCUT2D eigenvalue weighted by Gasteiger charge is -2.18. The van der Waals surface area contributed by atoms with Crippen LogP contribution in [0.15, 0.2) is 12.1 Å². The smallest absolute Gasteiger partial charge is 0.142 e. The Labute approximate surface area is 130 Å². The van der Waals surface area contributed by atoms with Gasteiger partial charge >= 0.3 is 0 Å². The lowest BCUT2D eigenvalue weighted by atomic mass is 10.1. The molecule has 1 aliphatic rings. The molecule has 20 heavy (non-hydrogen) atoms. The summed E-state index contributed by atoms with van der Waals surface area (Å²) in [6.45, 7) is 6.47. The van der Waals surface area contributed by atoms with Gasteiger partial charge in [-0.2, -0.15) is 0 Å². The standard InChI is InChI=1S/C15H21Cl2FN2/c1-11(12-9-15(18)14(17)10-13(12)16)19-5-4-8-20-6-2-3-7-20/h9-11,19H,2-8H2,1H3. The first-order chi connectivity index (χ1) is 9.58. The first-order valence-corrected chi connectivity index (χ1v) is 7.93. The molecule has 1 aromatic rings. The van der Waals surface area contributed by atoms with E-state index in [1.165, 1.54) is 38.1 Å². The fraction of sp³-hybridized carbons (Fsp3) is 0.600. The highest BCUT2D eigenvalue weighted by atomic mass is 35.5. The summed E-state index contributed by atoms with van der Waals surface area (Å²) in [5.41, 5.74) is 0.759. The Morgan fingerprint density at radius 1 is 1.25 bits per heavy atom. The second-order valence-electron chi connectivity index (χ2n) is 5.37. The molecule has 2 rings (SSSR count). The molecular formula is C15H21Cl2FN2. The van der Waals surface area contributed by atoms with Crippen LogP contribution in [0.5, 0.6) is 0 Å². The third-order valence-corrected chi connectivity index (χ3v) is 4.42. The molecule has 1 N–H and O–H groups in total. The van der Waals surface area contributed by atoms with Gasteiger partial charge in [0, 0.05) is 11.1 Å². The minimum absolute atomic E-state index is 0.0212. The van der Waals surface area contributed by atoms with Crippen molar-refractivity contribution in [2.75, 3.05) is 26.2 Å². The first-order valence-electron chi connectivity index (χ1n) is 7.18. The van der Waals surface area contributed by atoms with Crippen LogP contribution in [0.25, 0.3) is 0 Å². The van der Waals surface area contributed by atoms with E-state index in [2.05, 4.69) is 10.2 Å². The normalized spacial score (nSPS) is 17.6. The predicted molar refractivity (Wildman–Crippen MR) is 83.1 cm³/mol. The van der Waals surface area contributed by atoms with E-state index < -0.39 is 5.82 Å². The van der Waals surface area contributed by atoms with Crippen molar-refractivity contribution in [2.45, 2.75) is 32.2 Å². The summed E-state index contributed by atoms with van der Waals surface area (Å²) in [6, 6.07) is 2.91. The number of benzene rings is 1. The average molecular weight is 319 g/mol. The highest BCUT2D eigenvalue weighted by Crippen LogP contribution is 2.28. The molecule has 1 saturated heterocycles. The van der Waals surface area contributed by atoms with Gasteiger partial charge in [0.1, 0.15) is 5.82 Å². The molecule has 1 heterocycles. The molecule has 0 aliphatic carbocycles. The molecule has 1 aromatic carbocycles. The maximum Gasteiger partial charge on any atom is 0.142 e. The largest absolute Gasteiger partial charge is 0.310 e. The third-order valence-electron chi connectivity index (χ3n) is 3.81. The topological polar surface area (TPSA) is 15.3 Å². The Morgan fingerprint density at radius 3 is 2.65 bits per heavy atom. The van der Waals surface area contributed by atoms with Crippen molar-refractivity contribution in [1.82, 2.24) is 10.2 Å².